The average molecular weight is 352 g/mol. The summed E-state index contributed by atoms with van der Waals surface area (Å²) in [6, 6.07) is 11.6. The quantitative estimate of drug-likeness (QED) is 0.398. The summed E-state index contributed by atoms with van der Waals surface area (Å²) < 4.78 is 19.4. The van der Waals surface area contributed by atoms with Crippen LogP contribution in [0.5, 0.6) is 5.75 Å². The Balaban J connectivity index is 2.11. The third-order valence-electron chi connectivity index (χ3n) is 3.88. The molecule has 26 heavy (non-hydrogen) atoms. The largest absolute Gasteiger partial charge is 0.423 e. The second kappa shape index (κ2) is 8.39. The van der Waals surface area contributed by atoms with E-state index in [1.807, 2.05) is 12.1 Å². The number of carbonyl (C=O) groups excluding carboxylic acids is 2. The first-order chi connectivity index (χ1) is 12.3. The first-order valence-corrected chi connectivity index (χ1v) is 8.23. The van der Waals surface area contributed by atoms with Gasteiger partial charge in [0.25, 0.3) is 0 Å². The molecule has 0 fully saturated rings. The molecule has 0 aliphatic heterocycles. The molecule has 2 aromatic carbocycles. The van der Waals surface area contributed by atoms with E-state index in [2.05, 4.69) is 13.2 Å². The zero-order valence-electron chi connectivity index (χ0n) is 15.0. The second-order valence-corrected chi connectivity index (χ2v) is 6.21. The van der Waals surface area contributed by atoms with E-state index in [0.717, 1.165) is 5.56 Å². The Bertz CT molecular complexity index is 863. The van der Waals surface area contributed by atoms with E-state index in [-0.39, 0.29) is 17.1 Å². The summed E-state index contributed by atoms with van der Waals surface area (Å²) in [5.74, 6) is -0.901. The Labute approximate surface area is 152 Å². The molecule has 0 bridgehead atoms. The minimum atomic E-state index is -0.592. The van der Waals surface area contributed by atoms with Gasteiger partial charge in [-0.15, -0.1) is 0 Å². The molecule has 0 atom stereocenters. The van der Waals surface area contributed by atoms with Gasteiger partial charge in [-0.3, -0.25) is 4.79 Å². The van der Waals surface area contributed by atoms with Crippen molar-refractivity contribution >= 4 is 11.8 Å². The minimum absolute atomic E-state index is 0.0417. The summed E-state index contributed by atoms with van der Waals surface area (Å²) in [5.41, 5.74) is 2.90. The van der Waals surface area contributed by atoms with Crippen LogP contribution in [0, 0.1) is 5.82 Å². The Morgan fingerprint density at radius 1 is 1.00 bits per heavy atom. The summed E-state index contributed by atoms with van der Waals surface area (Å²) in [6.07, 6.45) is 1.02. The summed E-state index contributed by atoms with van der Waals surface area (Å²) >= 11 is 0. The number of ketones is 1. The second-order valence-electron chi connectivity index (χ2n) is 6.21. The maximum atomic E-state index is 14.4. The molecule has 0 aromatic heterocycles. The zero-order valence-corrected chi connectivity index (χ0v) is 15.0. The molecule has 0 N–H and O–H groups in total. The van der Waals surface area contributed by atoms with Gasteiger partial charge >= 0.3 is 5.97 Å². The van der Waals surface area contributed by atoms with Gasteiger partial charge in [-0.2, -0.15) is 0 Å². The lowest BCUT2D eigenvalue weighted by molar-refractivity contribution is -0.130. The van der Waals surface area contributed by atoms with Gasteiger partial charge in [-0.05, 0) is 49.1 Å². The summed E-state index contributed by atoms with van der Waals surface area (Å²) in [4.78, 5) is 23.1. The van der Waals surface area contributed by atoms with Crippen molar-refractivity contribution in [3.8, 4) is 16.9 Å². The number of hydrogen-bond acceptors (Lipinski definition) is 3. The fraction of sp³-hybridized carbons (Fsp3) is 0.182. The fourth-order valence-electron chi connectivity index (χ4n) is 2.31. The number of carbonyl (C=O) groups is 2. The zero-order chi connectivity index (χ0) is 19.3. The predicted octanol–water partition coefficient (Wildman–Crippen LogP) is 5.05. The van der Waals surface area contributed by atoms with Crippen LogP contribution in [-0.2, 0) is 16.0 Å². The summed E-state index contributed by atoms with van der Waals surface area (Å²) in [7, 11) is 0. The lowest BCUT2D eigenvalue weighted by Gasteiger charge is -2.08. The van der Waals surface area contributed by atoms with Crippen LogP contribution >= 0.6 is 0 Å². The van der Waals surface area contributed by atoms with E-state index >= 15 is 0 Å². The van der Waals surface area contributed by atoms with Crippen LogP contribution in [0.15, 0.2) is 66.8 Å². The van der Waals surface area contributed by atoms with Crippen LogP contribution in [0.2, 0.25) is 0 Å². The standard InChI is InChI=1S/C22H21FO3/c1-14(2)21(24)12-7-16-5-8-17(9-6-16)19-11-10-18(13-20(19)23)26-22(25)15(3)4/h5-6,8-11,13H,1,3,7,12H2,2,4H3. The van der Waals surface area contributed by atoms with E-state index in [4.69, 9.17) is 4.74 Å². The van der Waals surface area contributed by atoms with Crippen molar-refractivity contribution in [2.45, 2.75) is 26.7 Å². The molecule has 0 saturated carbocycles. The van der Waals surface area contributed by atoms with Crippen molar-refractivity contribution in [2.75, 3.05) is 0 Å². The molecule has 0 saturated heterocycles. The van der Waals surface area contributed by atoms with Gasteiger partial charge in [0.1, 0.15) is 11.6 Å². The number of Topliss-reactive ketones (excluding diaryl/α,β-unsaturated/α-hetero) is 1. The maximum Gasteiger partial charge on any atom is 0.338 e. The molecule has 2 rings (SSSR count). The van der Waals surface area contributed by atoms with Crippen molar-refractivity contribution < 1.29 is 18.7 Å². The van der Waals surface area contributed by atoms with Gasteiger partial charge in [0.15, 0.2) is 5.78 Å². The minimum Gasteiger partial charge on any atom is -0.423 e. The Kier molecular flexibility index (Phi) is 6.23. The van der Waals surface area contributed by atoms with Crippen LogP contribution in [0.1, 0.15) is 25.8 Å². The van der Waals surface area contributed by atoms with Gasteiger partial charge in [-0.25, -0.2) is 9.18 Å². The number of halogens is 1. The van der Waals surface area contributed by atoms with Crippen LogP contribution in [-0.4, -0.2) is 11.8 Å². The lowest BCUT2D eigenvalue weighted by atomic mass is 10.00. The molecule has 0 amide bonds. The normalized spacial score (nSPS) is 10.3. The summed E-state index contributed by atoms with van der Waals surface area (Å²) in [6.45, 7) is 10.4. The van der Waals surface area contributed by atoms with Gasteiger partial charge in [0.05, 0.1) is 0 Å². The third kappa shape index (κ3) is 4.99. The fourth-order valence-corrected chi connectivity index (χ4v) is 2.31. The summed E-state index contributed by atoms with van der Waals surface area (Å²) in [5, 5.41) is 0. The molecular weight excluding hydrogens is 331 g/mol. The van der Waals surface area contributed by atoms with Crippen molar-refractivity contribution in [1.82, 2.24) is 0 Å². The van der Waals surface area contributed by atoms with Gasteiger partial charge < -0.3 is 4.74 Å². The molecule has 134 valence electrons. The van der Waals surface area contributed by atoms with Crippen molar-refractivity contribution in [3.63, 3.8) is 0 Å². The highest BCUT2D eigenvalue weighted by atomic mass is 19.1. The SMILES string of the molecule is C=C(C)C(=O)CCc1ccc(-c2ccc(OC(=O)C(=C)C)cc2F)cc1. The van der Waals surface area contributed by atoms with Crippen LogP contribution in [0.25, 0.3) is 11.1 Å². The van der Waals surface area contributed by atoms with Crippen LogP contribution in [0.3, 0.4) is 0 Å². The molecule has 3 nitrogen and oxygen atoms in total. The first kappa shape index (κ1) is 19.3. The number of hydrogen-bond donors (Lipinski definition) is 0. The van der Waals surface area contributed by atoms with Gasteiger partial charge in [0.2, 0.25) is 0 Å². The number of aryl methyl sites for hydroxylation is 1. The molecular formula is C22H21FO3. The molecule has 0 unspecified atom stereocenters. The van der Waals surface area contributed by atoms with E-state index in [0.29, 0.717) is 29.5 Å². The number of ether oxygens (including phenoxy) is 1. The van der Waals surface area contributed by atoms with E-state index in [1.165, 1.54) is 13.0 Å². The van der Waals surface area contributed by atoms with Crippen molar-refractivity contribution in [2.24, 2.45) is 0 Å². The molecule has 0 heterocycles. The highest BCUT2D eigenvalue weighted by Crippen LogP contribution is 2.27. The Hall–Kier alpha value is -3.01. The number of rotatable bonds is 7. The lowest BCUT2D eigenvalue weighted by Crippen LogP contribution is -2.08. The molecule has 4 heteroatoms. The van der Waals surface area contributed by atoms with Crippen molar-refractivity contribution in [3.05, 3.63) is 78.1 Å². The van der Waals surface area contributed by atoms with E-state index in [9.17, 15) is 14.0 Å². The van der Waals surface area contributed by atoms with Crippen LogP contribution < -0.4 is 4.74 Å². The smallest absolute Gasteiger partial charge is 0.338 e. The molecule has 0 aliphatic carbocycles. The highest BCUT2D eigenvalue weighted by Gasteiger charge is 2.11. The van der Waals surface area contributed by atoms with Gasteiger partial charge in [0, 0.05) is 23.6 Å². The molecule has 2 aromatic rings. The Morgan fingerprint density at radius 2 is 1.65 bits per heavy atom. The van der Waals surface area contributed by atoms with Crippen molar-refractivity contribution in [1.29, 1.82) is 0 Å². The number of benzene rings is 2. The van der Waals surface area contributed by atoms with E-state index in [1.54, 1.807) is 31.2 Å². The number of allylic oxidation sites excluding steroid dienone is 1. The first-order valence-electron chi connectivity index (χ1n) is 8.23. The predicted molar refractivity (Wildman–Crippen MR) is 100 cm³/mol. The average Bonchev–Trinajstić information content (AvgIpc) is 2.60. The third-order valence-corrected chi connectivity index (χ3v) is 3.88. The van der Waals surface area contributed by atoms with Crippen LogP contribution in [0.4, 0.5) is 4.39 Å². The monoisotopic (exact) mass is 352 g/mol. The van der Waals surface area contributed by atoms with E-state index < -0.39 is 11.8 Å². The van der Waals surface area contributed by atoms with Gasteiger partial charge in [-0.1, -0.05) is 37.4 Å². The highest BCUT2D eigenvalue weighted by molar-refractivity contribution is 5.94. The Morgan fingerprint density at radius 3 is 2.19 bits per heavy atom. The topological polar surface area (TPSA) is 43.4 Å². The molecule has 0 radical (unpaired) electrons. The maximum absolute atomic E-state index is 14.4. The number of esters is 1. The molecule has 0 aliphatic rings. The molecule has 0 spiro atoms.